The molecule has 1 aliphatic heterocycles. The molecule has 19 heavy (non-hydrogen) atoms. The number of amides is 1. The van der Waals surface area contributed by atoms with E-state index in [1.54, 1.807) is 13.2 Å². The van der Waals surface area contributed by atoms with E-state index in [4.69, 9.17) is 4.74 Å². The first-order chi connectivity index (χ1) is 9.11. The lowest BCUT2D eigenvalue weighted by molar-refractivity contribution is 0.0915. The number of ether oxygens (including phenoxy) is 1. The van der Waals surface area contributed by atoms with Gasteiger partial charge in [-0.05, 0) is 43.5 Å². The summed E-state index contributed by atoms with van der Waals surface area (Å²) in [5.74, 6) is 1.24. The Labute approximate surface area is 114 Å². The largest absolute Gasteiger partial charge is 0.496 e. The minimum Gasteiger partial charge on any atom is -0.496 e. The summed E-state index contributed by atoms with van der Waals surface area (Å²) in [6.07, 6.45) is 1.10. The highest BCUT2D eigenvalue weighted by molar-refractivity contribution is 5.95. The molecule has 0 radical (unpaired) electrons. The molecule has 104 valence electrons. The summed E-state index contributed by atoms with van der Waals surface area (Å²) < 4.78 is 5.25. The van der Waals surface area contributed by atoms with Gasteiger partial charge in [0, 0.05) is 18.2 Å². The Bertz CT molecular complexity index is 459. The predicted molar refractivity (Wildman–Crippen MR) is 75.6 cm³/mol. The van der Waals surface area contributed by atoms with Crippen molar-refractivity contribution in [1.82, 2.24) is 10.6 Å². The van der Waals surface area contributed by atoms with Crippen molar-refractivity contribution in [2.24, 2.45) is 5.92 Å². The molecule has 1 aromatic rings. The Morgan fingerprint density at radius 2 is 2.26 bits per heavy atom. The van der Waals surface area contributed by atoms with Crippen LogP contribution in [0.5, 0.6) is 5.75 Å². The number of methoxy groups -OCH3 is 1. The molecule has 4 nitrogen and oxygen atoms in total. The van der Waals surface area contributed by atoms with Gasteiger partial charge in [0.15, 0.2) is 0 Å². The number of hydrogen-bond donors (Lipinski definition) is 2. The van der Waals surface area contributed by atoms with Crippen LogP contribution in [-0.4, -0.2) is 32.1 Å². The highest BCUT2D eigenvalue weighted by Gasteiger charge is 2.23. The number of carbonyl (C=O) groups excluding carboxylic acids is 1. The maximum Gasteiger partial charge on any atom is 0.251 e. The van der Waals surface area contributed by atoms with E-state index >= 15 is 0 Å². The van der Waals surface area contributed by atoms with E-state index in [9.17, 15) is 4.79 Å². The molecule has 0 saturated carbocycles. The van der Waals surface area contributed by atoms with Gasteiger partial charge in [0.1, 0.15) is 5.75 Å². The van der Waals surface area contributed by atoms with E-state index in [-0.39, 0.29) is 11.9 Å². The van der Waals surface area contributed by atoms with Crippen LogP contribution in [0.3, 0.4) is 0 Å². The minimum atomic E-state index is -0.0288. The van der Waals surface area contributed by atoms with Gasteiger partial charge in [-0.15, -0.1) is 0 Å². The van der Waals surface area contributed by atoms with Gasteiger partial charge in [0.25, 0.3) is 5.91 Å². The van der Waals surface area contributed by atoms with Crippen LogP contribution in [0, 0.1) is 12.8 Å². The second-order valence-electron chi connectivity index (χ2n) is 5.23. The Morgan fingerprint density at radius 1 is 1.47 bits per heavy atom. The van der Waals surface area contributed by atoms with Crippen LogP contribution in [0.15, 0.2) is 18.2 Å². The van der Waals surface area contributed by atoms with Crippen LogP contribution in [0.2, 0.25) is 0 Å². The third kappa shape index (κ3) is 3.26. The third-order valence-electron chi connectivity index (χ3n) is 3.81. The van der Waals surface area contributed by atoms with Gasteiger partial charge >= 0.3 is 0 Å². The monoisotopic (exact) mass is 262 g/mol. The molecule has 4 heteroatoms. The molecule has 0 aliphatic carbocycles. The molecule has 0 spiro atoms. The lowest BCUT2D eigenvalue weighted by atomic mass is 9.94. The summed E-state index contributed by atoms with van der Waals surface area (Å²) in [6.45, 7) is 6.02. The first-order valence-electron chi connectivity index (χ1n) is 6.78. The molecule has 0 aromatic heterocycles. The van der Waals surface area contributed by atoms with Crippen molar-refractivity contribution >= 4 is 5.91 Å². The van der Waals surface area contributed by atoms with Crippen LogP contribution >= 0.6 is 0 Å². The number of carbonyl (C=O) groups is 1. The molecule has 1 amide bonds. The normalized spacial score (nSPS) is 22.9. The SMILES string of the molecule is COc1cc(C(=O)NC2CNCCC2C)ccc1C. The summed E-state index contributed by atoms with van der Waals surface area (Å²) in [4.78, 5) is 12.2. The van der Waals surface area contributed by atoms with Crippen LogP contribution < -0.4 is 15.4 Å². The van der Waals surface area contributed by atoms with Crippen molar-refractivity contribution < 1.29 is 9.53 Å². The van der Waals surface area contributed by atoms with Gasteiger partial charge in [-0.25, -0.2) is 0 Å². The molecule has 1 fully saturated rings. The first-order valence-corrected chi connectivity index (χ1v) is 6.78. The van der Waals surface area contributed by atoms with Crippen molar-refractivity contribution in [3.05, 3.63) is 29.3 Å². The van der Waals surface area contributed by atoms with Crippen LogP contribution in [-0.2, 0) is 0 Å². The molecular formula is C15H22N2O2. The zero-order valence-corrected chi connectivity index (χ0v) is 11.8. The van der Waals surface area contributed by atoms with E-state index in [0.717, 1.165) is 30.8 Å². The van der Waals surface area contributed by atoms with Crippen LogP contribution in [0.4, 0.5) is 0 Å². The van der Waals surface area contributed by atoms with Crippen LogP contribution in [0.1, 0.15) is 29.3 Å². The van der Waals surface area contributed by atoms with Gasteiger partial charge in [-0.1, -0.05) is 13.0 Å². The van der Waals surface area contributed by atoms with Crippen molar-refractivity contribution in [2.45, 2.75) is 26.3 Å². The van der Waals surface area contributed by atoms with Crippen molar-refractivity contribution in [2.75, 3.05) is 20.2 Å². The quantitative estimate of drug-likeness (QED) is 0.872. The number of piperidine rings is 1. The van der Waals surface area contributed by atoms with E-state index in [0.29, 0.717) is 11.5 Å². The number of nitrogens with one attached hydrogen (secondary N) is 2. The summed E-state index contributed by atoms with van der Waals surface area (Å²) >= 11 is 0. The second kappa shape index (κ2) is 6.06. The fraction of sp³-hybridized carbons (Fsp3) is 0.533. The highest BCUT2D eigenvalue weighted by atomic mass is 16.5. The minimum absolute atomic E-state index is 0.0288. The van der Waals surface area contributed by atoms with Crippen LogP contribution in [0.25, 0.3) is 0 Å². The van der Waals surface area contributed by atoms with Crippen molar-refractivity contribution in [1.29, 1.82) is 0 Å². The number of benzene rings is 1. The fourth-order valence-electron chi connectivity index (χ4n) is 2.40. The topological polar surface area (TPSA) is 50.4 Å². The molecule has 0 bridgehead atoms. The molecule has 1 aromatic carbocycles. The maximum absolute atomic E-state index is 12.2. The van der Waals surface area contributed by atoms with Gasteiger partial charge < -0.3 is 15.4 Å². The molecule has 2 atom stereocenters. The summed E-state index contributed by atoms with van der Waals surface area (Å²) in [5.41, 5.74) is 1.69. The van der Waals surface area contributed by atoms with Crippen molar-refractivity contribution in [3.8, 4) is 5.75 Å². The van der Waals surface area contributed by atoms with Crippen molar-refractivity contribution in [3.63, 3.8) is 0 Å². The third-order valence-corrected chi connectivity index (χ3v) is 3.81. The Morgan fingerprint density at radius 3 is 2.95 bits per heavy atom. The Balaban J connectivity index is 2.07. The molecule has 1 saturated heterocycles. The zero-order chi connectivity index (χ0) is 13.8. The van der Waals surface area contributed by atoms with Gasteiger partial charge in [-0.2, -0.15) is 0 Å². The maximum atomic E-state index is 12.2. The Hall–Kier alpha value is -1.55. The molecule has 1 aliphatic rings. The lowest BCUT2D eigenvalue weighted by Gasteiger charge is -2.30. The van der Waals surface area contributed by atoms with Gasteiger partial charge in [0.05, 0.1) is 7.11 Å². The smallest absolute Gasteiger partial charge is 0.251 e. The predicted octanol–water partition coefficient (Wildman–Crippen LogP) is 1.73. The molecule has 2 unspecified atom stereocenters. The fourth-order valence-corrected chi connectivity index (χ4v) is 2.40. The van der Waals surface area contributed by atoms with E-state index in [2.05, 4.69) is 17.6 Å². The molecular weight excluding hydrogens is 240 g/mol. The number of rotatable bonds is 3. The average molecular weight is 262 g/mol. The summed E-state index contributed by atoms with van der Waals surface area (Å²) in [6, 6.07) is 5.75. The molecule has 2 N–H and O–H groups in total. The van der Waals surface area contributed by atoms with Gasteiger partial charge in [-0.3, -0.25) is 4.79 Å². The van der Waals surface area contributed by atoms with E-state index in [1.165, 1.54) is 0 Å². The van der Waals surface area contributed by atoms with E-state index in [1.807, 2.05) is 19.1 Å². The molecule has 2 rings (SSSR count). The highest BCUT2D eigenvalue weighted by Crippen LogP contribution is 2.19. The first kappa shape index (κ1) is 13.9. The van der Waals surface area contributed by atoms with Gasteiger partial charge in [0.2, 0.25) is 0 Å². The summed E-state index contributed by atoms with van der Waals surface area (Å²) in [7, 11) is 1.62. The van der Waals surface area contributed by atoms with E-state index < -0.39 is 0 Å². The standard InChI is InChI=1S/C15H22N2O2/c1-10-6-7-16-9-13(10)17-15(18)12-5-4-11(2)14(8-12)19-3/h4-5,8,10,13,16H,6-7,9H2,1-3H3,(H,17,18). The zero-order valence-electron chi connectivity index (χ0n) is 11.8. The Kier molecular flexibility index (Phi) is 4.43. The molecule has 1 heterocycles. The number of aryl methyl sites for hydroxylation is 1. The summed E-state index contributed by atoms with van der Waals surface area (Å²) in [5, 5.41) is 6.41. The lowest BCUT2D eigenvalue weighted by Crippen LogP contribution is -2.50. The number of hydrogen-bond acceptors (Lipinski definition) is 3. The second-order valence-corrected chi connectivity index (χ2v) is 5.23. The average Bonchev–Trinajstić information content (AvgIpc) is 2.42.